The van der Waals surface area contributed by atoms with E-state index >= 15 is 0 Å². The van der Waals surface area contributed by atoms with Gasteiger partial charge in [-0.2, -0.15) is 0 Å². The first-order valence-electron chi connectivity index (χ1n) is 7.42. The lowest BCUT2D eigenvalue weighted by atomic mass is 9.86. The average molecular weight is 286 g/mol. The van der Waals surface area contributed by atoms with E-state index in [1.165, 1.54) is 12.5 Å². The van der Waals surface area contributed by atoms with Gasteiger partial charge >= 0.3 is 0 Å². The lowest BCUT2D eigenvalue weighted by Crippen LogP contribution is -2.22. The molecular weight excluding hydrogens is 268 g/mol. The Kier molecular flexibility index (Phi) is 3.73. The largest absolute Gasteiger partial charge is 0.334 e. The van der Waals surface area contributed by atoms with Crippen LogP contribution >= 0.6 is 0 Å². The number of fused-ring (bicyclic) bond motifs is 1. The van der Waals surface area contributed by atoms with Crippen LogP contribution < -0.4 is 0 Å². The maximum atomic E-state index is 12.4. The number of carbonyl (C=O) groups excluding carboxylic acids is 1. The third-order valence-corrected chi connectivity index (χ3v) is 4.35. The van der Waals surface area contributed by atoms with Crippen LogP contribution in [0.2, 0.25) is 0 Å². The third-order valence-electron chi connectivity index (χ3n) is 4.35. The van der Waals surface area contributed by atoms with E-state index in [0.29, 0.717) is 5.52 Å². The van der Waals surface area contributed by atoms with Crippen molar-refractivity contribution in [2.75, 3.05) is 0 Å². The van der Waals surface area contributed by atoms with E-state index in [9.17, 15) is 14.9 Å². The highest BCUT2D eigenvalue weighted by atomic mass is 16.6. The van der Waals surface area contributed by atoms with E-state index in [-0.39, 0.29) is 28.9 Å². The molecule has 3 rings (SSSR count). The molecule has 21 heavy (non-hydrogen) atoms. The smallest absolute Gasteiger partial charge is 0.293 e. The van der Waals surface area contributed by atoms with Crippen LogP contribution in [0.5, 0.6) is 0 Å². The maximum absolute atomic E-state index is 12.4. The fraction of sp³-hybridized carbons (Fsp3) is 0.438. The molecule has 1 fully saturated rings. The summed E-state index contributed by atoms with van der Waals surface area (Å²) in [6, 6.07) is 6.83. The summed E-state index contributed by atoms with van der Waals surface area (Å²) in [6.07, 6.45) is 7.13. The van der Waals surface area contributed by atoms with Crippen LogP contribution in [-0.2, 0) is 11.3 Å². The molecule has 5 nitrogen and oxygen atoms in total. The van der Waals surface area contributed by atoms with Gasteiger partial charge in [-0.1, -0.05) is 31.4 Å². The maximum Gasteiger partial charge on any atom is 0.293 e. The number of carbonyl (C=O) groups is 1. The summed E-state index contributed by atoms with van der Waals surface area (Å²) in [5.41, 5.74) is 0.612. The van der Waals surface area contributed by atoms with E-state index < -0.39 is 0 Å². The number of para-hydroxylation sites is 1. The molecule has 0 aliphatic heterocycles. The number of hydrogen-bond donors (Lipinski definition) is 0. The van der Waals surface area contributed by atoms with E-state index in [0.717, 1.165) is 31.1 Å². The normalized spacial score (nSPS) is 16.2. The summed E-state index contributed by atoms with van der Waals surface area (Å²) < 4.78 is 1.73. The van der Waals surface area contributed by atoms with Crippen molar-refractivity contribution in [3.05, 3.63) is 40.6 Å². The Bertz CT molecular complexity index is 684. The number of non-ortho nitro benzene ring substituents is 1. The van der Waals surface area contributed by atoms with Crippen molar-refractivity contribution in [1.29, 1.82) is 0 Å². The summed E-state index contributed by atoms with van der Waals surface area (Å²) in [6.45, 7) is 0.235. The molecule has 0 bridgehead atoms. The van der Waals surface area contributed by atoms with Crippen molar-refractivity contribution in [3.8, 4) is 0 Å². The lowest BCUT2D eigenvalue weighted by Gasteiger charge is -2.20. The number of rotatable bonds is 4. The molecule has 110 valence electrons. The third kappa shape index (κ3) is 2.68. The molecule has 0 N–H and O–H groups in total. The predicted octanol–water partition coefficient (Wildman–Crippen LogP) is 3.70. The van der Waals surface area contributed by atoms with Gasteiger partial charge in [0.2, 0.25) is 0 Å². The Morgan fingerprint density at radius 2 is 2.00 bits per heavy atom. The molecule has 1 aliphatic rings. The quantitative estimate of drug-likeness (QED) is 0.636. The Labute approximate surface area is 122 Å². The monoisotopic (exact) mass is 286 g/mol. The molecule has 0 amide bonds. The van der Waals surface area contributed by atoms with Crippen molar-refractivity contribution in [2.24, 2.45) is 5.92 Å². The zero-order valence-corrected chi connectivity index (χ0v) is 11.8. The Balaban J connectivity index is 1.90. The lowest BCUT2D eigenvalue weighted by molar-refractivity contribution is -0.383. The second kappa shape index (κ2) is 5.68. The summed E-state index contributed by atoms with van der Waals surface area (Å²) >= 11 is 0. The minimum atomic E-state index is -0.385. The second-order valence-corrected chi connectivity index (χ2v) is 5.72. The SMILES string of the molecule is O=C(Cn1ccc2cccc([N+](=O)[O-])c21)C1CCCCC1. The van der Waals surface area contributed by atoms with Gasteiger partial charge < -0.3 is 4.57 Å². The van der Waals surface area contributed by atoms with Crippen LogP contribution in [0.3, 0.4) is 0 Å². The van der Waals surface area contributed by atoms with Crippen LogP contribution in [0.1, 0.15) is 32.1 Å². The number of hydrogen-bond acceptors (Lipinski definition) is 3. The van der Waals surface area contributed by atoms with Gasteiger partial charge in [-0.15, -0.1) is 0 Å². The molecule has 5 heteroatoms. The van der Waals surface area contributed by atoms with Crippen molar-refractivity contribution in [1.82, 2.24) is 4.57 Å². The minimum Gasteiger partial charge on any atom is -0.334 e. The number of ketones is 1. The average Bonchev–Trinajstić information content (AvgIpc) is 2.91. The van der Waals surface area contributed by atoms with Crippen LogP contribution in [-0.4, -0.2) is 15.3 Å². The van der Waals surface area contributed by atoms with Gasteiger partial charge in [0.15, 0.2) is 5.78 Å². The zero-order valence-electron chi connectivity index (χ0n) is 11.8. The van der Waals surface area contributed by atoms with Gasteiger partial charge in [-0.3, -0.25) is 14.9 Å². The van der Waals surface area contributed by atoms with E-state index in [4.69, 9.17) is 0 Å². The summed E-state index contributed by atoms with van der Waals surface area (Å²) in [7, 11) is 0. The van der Waals surface area contributed by atoms with Gasteiger partial charge in [0, 0.05) is 23.6 Å². The van der Waals surface area contributed by atoms with Crippen LogP contribution in [0.4, 0.5) is 5.69 Å². The number of aromatic nitrogens is 1. The molecule has 0 saturated heterocycles. The molecule has 0 atom stereocenters. The van der Waals surface area contributed by atoms with Gasteiger partial charge in [0.05, 0.1) is 11.5 Å². The highest BCUT2D eigenvalue weighted by molar-refractivity contribution is 5.90. The second-order valence-electron chi connectivity index (χ2n) is 5.72. The standard InChI is InChI=1S/C16H18N2O3/c19-15(12-5-2-1-3-6-12)11-17-10-9-13-7-4-8-14(16(13)17)18(20)21/h4,7-10,12H,1-3,5-6,11H2. The van der Waals surface area contributed by atoms with Crippen molar-refractivity contribution >= 4 is 22.4 Å². The van der Waals surface area contributed by atoms with Crippen molar-refractivity contribution in [3.63, 3.8) is 0 Å². The summed E-state index contributed by atoms with van der Waals surface area (Å²) in [5, 5.41) is 12.0. The minimum absolute atomic E-state index is 0.0638. The van der Waals surface area contributed by atoms with E-state index in [1.807, 2.05) is 12.1 Å². The first kappa shape index (κ1) is 13.8. The number of nitro groups is 1. The van der Waals surface area contributed by atoms with E-state index in [2.05, 4.69) is 0 Å². The molecule has 2 aromatic rings. The summed E-state index contributed by atoms with van der Waals surface area (Å²) in [4.78, 5) is 23.2. The topological polar surface area (TPSA) is 65.1 Å². The van der Waals surface area contributed by atoms with Gasteiger partial charge in [0.1, 0.15) is 5.52 Å². The molecule has 1 aromatic heterocycles. The molecule has 1 saturated carbocycles. The Morgan fingerprint density at radius 1 is 1.24 bits per heavy atom. The fourth-order valence-electron chi connectivity index (χ4n) is 3.24. The van der Waals surface area contributed by atoms with Gasteiger partial charge in [-0.05, 0) is 18.9 Å². The number of nitro benzene ring substituents is 1. The highest BCUT2D eigenvalue weighted by Crippen LogP contribution is 2.28. The van der Waals surface area contributed by atoms with Gasteiger partial charge in [-0.25, -0.2) is 0 Å². The van der Waals surface area contributed by atoms with Crippen molar-refractivity contribution < 1.29 is 9.72 Å². The fourth-order valence-corrected chi connectivity index (χ4v) is 3.24. The molecule has 0 radical (unpaired) electrons. The van der Waals surface area contributed by atoms with Crippen molar-refractivity contribution in [2.45, 2.75) is 38.6 Å². The Hall–Kier alpha value is -2.17. The number of nitrogens with zero attached hydrogens (tertiary/aromatic N) is 2. The first-order valence-corrected chi connectivity index (χ1v) is 7.42. The summed E-state index contributed by atoms with van der Waals surface area (Å²) in [5.74, 6) is 0.323. The highest BCUT2D eigenvalue weighted by Gasteiger charge is 2.23. The van der Waals surface area contributed by atoms with E-state index in [1.54, 1.807) is 16.8 Å². The first-order chi connectivity index (χ1) is 10.2. The van der Waals surface area contributed by atoms with Crippen LogP contribution in [0.15, 0.2) is 30.5 Å². The Morgan fingerprint density at radius 3 is 2.71 bits per heavy atom. The molecular formula is C16H18N2O3. The molecule has 0 spiro atoms. The molecule has 1 aliphatic carbocycles. The zero-order chi connectivity index (χ0) is 14.8. The number of Topliss-reactive ketones (excluding diaryl/α,β-unsaturated/α-hetero) is 1. The predicted molar refractivity (Wildman–Crippen MR) is 80.2 cm³/mol. The molecule has 1 heterocycles. The van der Waals surface area contributed by atoms with Crippen LogP contribution in [0, 0.1) is 16.0 Å². The molecule has 1 aromatic carbocycles. The molecule has 0 unspecified atom stereocenters. The van der Waals surface area contributed by atoms with Crippen LogP contribution in [0.25, 0.3) is 10.9 Å². The number of benzene rings is 1. The van der Waals surface area contributed by atoms with Gasteiger partial charge in [0.25, 0.3) is 5.69 Å².